The van der Waals surface area contributed by atoms with Gasteiger partial charge in [-0.25, -0.2) is 9.67 Å². The van der Waals surface area contributed by atoms with Crippen molar-refractivity contribution in [1.29, 1.82) is 0 Å². The number of nitrogens with one attached hydrogen (secondary N) is 2. The molecule has 0 spiro atoms. The molecule has 9 nitrogen and oxygen atoms in total. The average Bonchev–Trinajstić information content (AvgIpc) is 3.25. The lowest BCUT2D eigenvalue weighted by molar-refractivity contribution is -0.190. The van der Waals surface area contributed by atoms with Crippen LogP contribution in [0.2, 0.25) is 5.15 Å². The zero-order valence-electron chi connectivity index (χ0n) is 23.8. The Morgan fingerprint density at radius 3 is 2.74 bits per heavy atom. The first-order valence-corrected chi connectivity index (χ1v) is 15.2. The Hall–Kier alpha value is -2.77. The largest absolute Gasteiger partial charge is 0.477 e. The van der Waals surface area contributed by atoms with Crippen LogP contribution >= 0.6 is 23.5 Å². The van der Waals surface area contributed by atoms with E-state index < -0.39 is 17.5 Å². The van der Waals surface area contributed by atoms with Crippen LogP contribution in [-0.2, 0) is 6.54 Å². The molecular weight excluding hydrogens is 591 g/mol. The predicted octanol–water partition coefficient (Wildman–Crippen LogP) is 6.14. The minimum Gasteiger partial charge on any atom is -0.477 e. The lowest BCUT2D eigenvalue weighted by Crippen LogP contribution is -2.31. The van der Waals surface area contributed by atoms with Crippen molar-refractivity contribution < 1.29 is 22.7 Å². The highest BCUT2D eigenvalue weighted by Crippen LogP contribution is 2.59. The molecule has 0 aromatic carbocycles. The second-order valence-corrected chi connectivity index (χ2v) is 13.0. The fourth-order valence-electron chi connectivity index (χ4n) is 5.34. The highest BCUT2D eigenvalue weighted by atomic mass is 35.5. The molecule has 2 fully saturated rings. The summed E-state index contributed by atoms with van der Waals surface area (Å²) in [4.78, 5) is 18.0. The number of rotatable bonds is 12. The molecular formula is C28H35ClF3N7O2S. The van der Waals surface area contributed by atoms with Crippen molar-refractivity contribution in [3.63, 3.8) is 0 Å². The Morgan fingerprint density at radius 2 is 2.07 bits per heavy atom. The molecule has 14 heteroatoms. The van der Waals surface area contributed by atoms with E-state index in [4.69, 9.17) is 16.3 Å². The maximum Gasteiger partial charge on any atom is 0.394 e. The number of pyridine rings is 1. The van der Waals surface area contributed by atoms with Crippen LogP contribution in [0.25, 0.3) is 5.82 Å². The van der Waals surface area contributed by atoms with Gasteiger partial charge in [-0.1, -0.05) is 11.6 Å². The molecule has 5 rings (SSSR count). The minimum absolute atomic E-state index is 0.0126. The lowest BCUT2D eigenvalue weighted by atomic mass is 9.94. The van der Waals surface area contributed by atoms with Crippen molar-refractivity contribution in [1.82, 2.24) is 34.6 Å². The third-order valence-corrected chi connectivity index (χ3v) is 9.32. The quantitative estimate of drug-likeness (QED) is 0.184. The lowest BCUT2D eigenvalue weighted by Gasteiger charge is -2.18. The van der Waals surface area contributed by atoms with Gasteiger partial charge in [0.15, 0.2) is 5.82 Å². The first-order valence-electron chi connectivity index (χ1n) is 14.0. The number of halogens is 4. The van der Waals surface area contributed by atoms with Gasteiger partial charge >= 0.3 is 6.18 Å². The summed E-state index contributed by atoms with van der Waals surface area (Å²) in [6.07, 6.45) is 2.62. The van der Waals surface area contributed by atoms with Gasteiger partial charge in [0, 0.05) is 24.3 Å². The van der Waals surface area contributed by atoms with Crippen LogP contribution in [0, 0.1) is 18.3 Å². The molecule has 3 aromatic rings. The van der Waals surface area contributed by atoms with E-state index in [0.717, 1.165) is 36.5 Å². The number of ether oxygens (including phenoxy) is 1. The zero-order valence-corrected chi connectivity index (χ0v) is 25.4. The fourth-order valence-corrected chi connectivity index (χ4v) is 6.24. The van der Waals surface area contributed by atoms with E-state index in [1.165, 1.54) is 29.1 Å². The monoisotopic (exact) mass is 625 g/mol. The molecule has 1 aliphatic carbocycles. The number of hydrogen-bond acceptors (Lipinski definition) is 7. The number of amides is 1. The van der Waals surface area contributed by atoms with Crippen molar-refractivity contribution >= 4 is 29.5 Å². The molecule has 2 N–H and O–H groups in total. The number of alkyl halides is 3. The van der Waals surface area contributed by atoms with Crippen molar-refractivity contribution in [3.8, 4) is 11.7 Å². The third-order valence-electron chi connectivity index (χ3n) is 8.13. The number of aryl methyl sites for hydroxylation is 1. The summed E-state index contributed by atoms with van der Waals surface area (Å²) >= 11 is 7.50. The maximum atomic E-state index is 13.1. The standard InChI is InChI=1S/C28H35ClF3N7O2S/c1-18-21(17-34-38(18)12-4-5-19-15-26(2,3)33-16-19)42-37-25(40)20-6-7-22(35-24(20)29)39-13-8-23(36-39)41-14-11-27(9-10-27)28(30,31)32/h6-8,13,17,19,33H,4-5,9-12,14-16H2,1-3H3,(H,37,40)/t19-/m0/s1. The molecule has 0 unspecified atom stereocenters. The van der Waals surface area contributed by atoms with Crippen LogP contribution in [0.3, 0.4) is 0 Å². The fraction of sp³-hybridized carbons (Fsp3) is 0.571. The number of hydrogen-bond donors (Lipinski definition) is 2. The van der Waals surface area contributed by atoms with Crippen LogP contribution in [-0.4, -0.2) is 55.3 Å². The second kappa shape index (κ2) is 12.1. The van der Waals surface area contributed by atoms with Gasteiger partial charge in [-0.15, -0.1) is 5.10 Å². The maximum absolute atomic E-state index is 13.1. The molecule has 4 heterocycles. The van der Waals surface area contributed by atoms with Gasteiger partial charge in [-0.05, 0) is 95.8 Å². The SMILES string of the molecule is Cc1c(SNC(=O)c2ccc(-n3ccc(OCCC4(C(F)(F)F)CC4)n3)nc2Cl)cnn1CCC[C@@H]1CNC(C)(C)C1. The second-order valence-electron chi connectivity index (χ2n) is 11.8. The van der Waals surface area contributed by atoms with E-state index in [-0.39, 0.29) is 48.0 Å². The highest BCUT2D eigenvalue weighted by molar-refractivity contribution is 7.98. The molecule has 228 valence electrons. The molecule has 0 radical (unpaired) electrons. The van der Waals surface area contributed by atoms with Gasteiger partial charge < -0.3 is 10.1 Å². The van der Waals surface area contributed by atoms with E-state index in [1.807, 2.05) is 11.6 Å². The first-order chi connectivity index (χ1) is 19.9. The molecule has 0 bridgehead atoms. The molecule has 1 aliphatic heterocycles. The van der Waals surface area contributed by atoms with Gasteiger partial charge in [0.1, 0.15) is 5.15 Å². The predicted molar refractivity (Wildman–Crippen MR) is 154 cm³/mol. The van der Waals surface area contributed by atoms with E-state index in [2.05, 4.69) is 39.1 Å². The van der Waals surface area contributed by atoms with Crippen LogP contribution < -0.4 is 14.8 Å². The molecule has 42 heavy (non-hydrogen) atoms. The molecule has 1 saturated heterocycles. The molecule has 1 amide bonds. The zero-order chi connectivity index (χ0) is 30.1. The van der Waals surface area contributed by atoms with Gasteiger partial charge in [0.2, 0.25) is 5.88 Å². The minimum atomic E-state index is -4.21. The number of carbonyl (C=O) groups is 1. The highest BCUT2D eigenvalue weighted by Gasteiger charge is 2.62. The van der Waals surface area contributed by atoms with Crippen molar-refractivity contribution in [3.05, 3.63) is 47.0 Å². The Labute approximate surface area is 252 Å². The topological polar surface area (TPSA) is 98.9 Å². The van der Waals surface area contributed by atoms with E-state index in [0.29, 0.717) is 11.7 Å². The van der Waals surface area contributed by atoms with Gasteiger partial charge in [0.25, 0.3) is 5.91 Å². The first kappa shape index (κ1) is 30.7. The summed E-state index contributed by atoms with van der Waals surface area (Å²) in [5, 5.41) is 12.3. The summed E-state index contributed by atoms with van der Waals surface area (Å²) in [6.45, 7) is 8.25. The summed E-state index contributed by atoms with van der Waals surface area (Å²) in [7, 11) is 0. The number of nitrogens with zero attached hydrogens (tertiary/aromatic N) is 5. The van der Waals surface area contributed by atoms with Crippen LogP contribution in [0.1, 0.15) is 68.4 Å². The van der Waals surface area contributed by atoms with Crippen molar-refractivity contribution in [2.24, 2.45) is 11.3 Å². The van der Waals surface area contributed by atoms with Gasteiger partial charge in [-0.2, -0.15) is 18.3 Å². The van der Waals surface area contributed by atoms with E-state index >= 15 is 0 Å². The molecule has 3 aromatic heterocycles. The molecule has 1 atom stereocenters. The Kier molecular flexibility index (Phi) is 8.82. The molecule has 1 saturated carbocycles. The summed E-state index contributed by atoms with van der Waals surface area (Å²) in [6, 6.07) is 4.66. The van der Waals surface area contributed by atoms with Gasteiger partial charge in [0.05, 0.1) is 34.4 Å². The number of carbonyl (C=O) groups excluding carboxylic acids is 1. The summed E-state index contributed by atoms with van der Waals surface area (Å²) < 4.78 is 50.9. The van der Waals surface area contributed by atoms with Crippen molar-refractivity contribution in [2.75, 3.05) is 13.2 Å². The summed E-state index contributed by atoms with van der Waals surface area (Å²) in [5.41, 5.74) is -0.235. The third kappa shape index (κ3) is 7.05. The van der Waals surface area contributed by atoms with Crippen LogP contribution in [0.15, 0.2) is 35.5 Å². The van der Waals surface area contributed by atoms with Crippen LogP contribution in [0.4, 0.5) is 13.2 Å². The Morgan fingerprint density at radius 1 is 1.29 bits per heavy atom. The summed E-state index contributed by atoms with van der Waals surface area (Å²) in [5.74, 6) is 0.793. The smallest absolute Gasteiger partial charge is 0.394 e. The van der Waals surface area contributed by atoms with E-state index in [9.17, 15) is 18.0 Å². The van der Waals surface area contributed by atoms with Crippen molar-refractivity contribution in [2.45, 2.75) is 82.5 Å². The Bertz CT molecular complexity index is 1420. The molecule has 2 aliphatic rings. The number of aromatic nitrogens is 5. The Balaban J connectivity index is 1.10. The van der Waals surface area contributed by atoms with E-state index in [1.54, 1.807) is 24.5 Å². The van der Waals surface area contributed by atoms with Crippen LogP contribution in [0.5, 0.6) is 5.88 Å². The average molecular weight is 626 g/mol. The van der Waals surface area contributed by atoms with Gasteiger partial charge in [-0.3, -0.25) is 14.2 Å². The normalized spacial score (nSPS) is 19.2.